The molecule has 16 heteroatoms. The molecule has 0 unspecified atom stereocenters. The topological polar surface area (TPSA) is 114 Å². The van der Waals surface area contributed by atoms with Crippen LogP contribution in [0.15, 0.2) is 36.4 Å². The van der Waals surface area contributed by atoms with Gasteiger partial charge >= 0.3 is 19.1 Å². The van der Waals surface area contributed by atoms with Gasteiger partial charge in [0, 0.05) is 34.2 Å². The van der Waals surface area contributed by atoms with Gasteiger partial charge in [-0.2, -0.15) is 29.9 Å². The second-order valence-electron chi connectivity index (χ2n) is 11.7. The maximum Gasteiger partial charge on any atom is 0.493 e. The molecule has 10 nitrogen and oxygen atoms in total. The molecule has 0 aliphatic carbocycles. The first-order valence-corrected chi connectivity index (χ1v) is 16.4. The SMILES string of the molecule is CC(C)c1cc(B2OCC(C)(C)CO2)ccc1Cl.COc1nc(Cl)nc(-c2ccc(Cl)c(C(C)C)c2)n1.COc1nc(Cl)nc(Cl)n1. The van der Waals surface area contributed by atoms with E-state index in [0.717, 1.165) is 45.4 Å². The number of ether oxygens (including phenoxy) is 2. The van der Waals surface area contributed by atoms with Crippen LogP contribution in [0.5, 0.6) is 12.0 Å². The van der Waals surface area contributed by atoms with Crippen molar-refractivity contribution in [3.63, 3.8) is 0 Å². The first-order valence-electron chi connectivity index (χ1n) is 14.5. The largest absolute Gasteiger partial charge is 0.493 e. The Bertz CT molecular complexity index is 1620. The van der Waals surface area contributed by atoms with Crippen LogP contribution in [-0.4, -0.2) is 64.5 Å². The summed E-state index contributed by atoms with van der Waals surface area (Å²) in [7, 11) is 2.64. The van der Waals surface area contributed by atoms with E-state index in [-0.39, 0.29) is 40.4 Å². The fourth-order valence-electron chi connectivity index (χ4n) is 4.11. The van der Waals surface area contributed by atoms with E-state index in [0.29, 0.717) is 17.7 Å². The molecule has 3 heterocycles. The number of nitrogens with zero attached hydrogens (tertiary/aromatic N) is 6. The first kappa shape index (κ1) is 38.9. The Hall–Kier alpha value is -2.51. The molecule has 2 aromatic heterocycles. The molecule has 0 N–H and O–H groups in total. The first-order chi connectivity index (χ1) is 22.1. The Balaban J connectivity index is 0.000000201. The Morgan fingerprint density at radius 2 is 1.13 bits per heavy atom. The van der Waals surface area contributed by atoms with Crippen LogP contribution < -0.4 is 14.9 Å². The predicted molar refractivity (Wildman–Crippen MR) is 189 cm³/mol. The highest BCUT2D eigenvalue weighted by Crippen LogP contribution is 2.29. The molecule has 4 aromatic rings. The summed E-state index contributed by atoms with van der Waals surface area (Å²) in [5.74, 6) is 1.18. The van der Waals surface area contributed by atoms with Gasteiger partial charge in [-0.3, -0.25) is 0 Å². The summed E-state index contributed by atoms with van der Waals surface area (Å²) in [5.41, 5.74) is 4.17. The van der Waals surface area contributed by atoms with Crippen LogP contribution in [0.4, 0.5) is 0 Å². The summed E-state index contributed by atoms with van der Waals surface area (Å²) >= 11 is 29.0. The summed E-state index contributed by atoms with van der Waals surface area (Å²) in [5, 5.41) is 1.69. The van der Waals surface area contributed by atoms with Crippen LogP contribution in [0.3, 0.4) is 0 Å². The minimum absolute atomic E-state index is 0.0249. The highest BCUT2D eigenvalue weighted by Gasteiger charge is 2.33. The Morgan fingerprint density at radius 1 is 0.660 bits per heavy atom. The van der Waals surface area contributed by atoms with E-state index in [4.69, 9.17) is 72.1 Å². The average molecular weight is 745 g/mol. The molecule has 0 atom stereocenters. The van der Waals surface area contributed by atoms with Crippen molar-refractivity contribution in [1.82, 2.24) is 29.9 Å². The standard InChI is InChI=1S/C14H20BClO2.C13H13Cl2N3O.C4H3Cl2N3O/c1-10(2)12-7-11(5-6-13(12)16)15-17-8-14(3,4)9-18-15;1-7(2)9-6-8(4-5-10(9)14)11-16-12(15)18-13(17-11)19-3;1-10-4-8-2(5)7-3(6)9-4/h5-7,10H,8-9H2,1-4H3;4-7H,1-3H3;1H3. The predicted octanol–water partition coefficient (Wildman–Crippen LogP) is 8.40. The molecule has 0 spiro atoms. The third-order valence-electron chi connectivity index (χ3n) is 6.55. The number of hydrogen-bond donors (Lipinski definition) is 0. The average Bonchev–Trinajstić information content (AvgIpc) is 3.01. The quantitative estimate of drug-likeness (QED) is 0.178. The fraction of sp³-hybridized carbons (Fsp3) is 0.419. The van der Waals surface area contributed by atoms with Gasteiger partial charge in [-0.1, -0.05) is 76.9 Å². The van der Waals surface area contributed by atoms with E-state index in [2.05, 4.69) is 82.2 Å². The van der Waals surface area contributed by atoms with Gasteiger partial charge in [0.15, 0.2) is 5.82 Å². The van der Waals surface area contributed by atoms with Crippen LogP contribution in [0.2, 0.25) is 25.9 Å². The maximum atomic E-state index is 6.19. The molecule has 1 aliphatic heterocycles. The van der Waals surface area contributed by atoms with Crippen molar-refractivity contribution < 1.29 is 18.8 Å². The lowest BCUT2D eigenvalue weighted by Gasteiger charge is -2.33. The molecule has 0 bridgehead atoms. The monoisotopic (exact) mass is 742 g/mol. The van der Waals surface area contributed by atoms with Gasteiger partial charge in [0.25, 0.3) is 0 Å². The Morgan fingerprint density at radius 3 is 1.64 bits per heavy atom. The Kier molecular flexibility index (Phi) is 14.7. The van der Waals surface area contributed by atoms with Gasteiger partial charge in [-0.05, 0) is 87.5 Å². The molecule has 5 rings (SSSR count). The molecule has 1 aliphatic rings. The number of aromatic nitrogens is 6. The molecular formula is C31H36BCl5N6O4. The van der Waals surface area contributed by atoms with Crippen molar-refractivity contribution in [3.8, 4) is 23.4 Å². The molecular weight excluding hydrogens is 708 g/mol. The van der Waals surface area contributed by atoms with Crippen molar-refractivity contribution in [3.05, 3.63) is 73.4 Å². The van der Waals surface area contributed by atoms with Crippen molar-refractivity contribution in [2.24, 2.45) is 5.41 Å². The van der Waals surface area contributed by atoms with Crippen LogP contribution in [0.1, 0.15) is 64.5 Å². The second-order valence-corrected chi connectivity index (χ2v) is 13.5. The summed E-state index contributed by atoms with van der Waals surface area (Å²) in [6.07, 6.45) is 0. The van der Waals surface area contributed by atoms with Gasteiger partial charge < -0.3 is 18.8 Å². The van der Waals surface area contributed by atoms with Crippen LogP contribution in [0, 0.1) is 5.41 Å². The third kappa shape index (κ3) is 11.9. The van der Waals surface area contributed by atoms with Crippen LogP contribution in [-0.2, 0) is 9.31 Å². The highest BCUT2D eigenvalue weighted by molar-refractivity contribution is 6.61. The minimum atomic E-state index is -0.257. The van der Waals surface area contributed by atoms with Gasteiger partial charge in [0.1, 0.15) is 0 Å². The minimum Gasteiger partial charge on any atom is -0.467 e. The zero-order valence-electron chi connectivity index (χ0n) is 27.3. The molecule has 1 saturated heterocycles. The summed E-state index contributed by atoms with van der Waals surface area (Å²) in [6.45, 7) is 14.1. The summed E-state index contributed by atoms with van der Waals surface area (Å²) in [4.78, 5) is 22.8. The number of benzene rings is 2. The number of halogens is 5. The van der Waals surface area contributed by atoms with E-state index < -0.39 is 0 Å². The molecule has 0 saturated carbocycles. The lowest BCUT2D eigenvalue weighted by molar-refractivity contribution is 0.0343. The second kappa shape index (κ2) is 17.8. The van der Waals surface area contributed by atoms with Gasteiger partial charge in [-0.25, -0.2) is 0 Å². The van der Waals surface area contributed by atoms with Crippen molar-refractivity contribution in [1.29, 1.82) is 0 Å². The lowest BCUT2D eigenvalue weighted by Crippen LogP contribution is -2.47. The number of hydrogen-bond acceptors (Lipinski definition) is 10. The van der Waals surface area contributed by atoms with Crippen molar-refractivity contribution in [2.45, 2.75) is 53.4 Å². The van der Waals surface area contributed by atoms with E-state index >= 15 is 0 Å². The van der Waals surface area contributed by atoms with Crippen molar-refractivity contribution in [2.75, 3.05) is 27.4 Å². The van der Waals surface area contributed by atoms with Gasteiger partial charge in [-0.15, -0.1) is 0 Å². The van der Waals surface area contributed by atoms with E-state index in [9.17, 15) is 0 Å². The summed E-state index contributed by atoms with van der Waals surface area (Å²) < 4.78 is 21.2. The molecule has 252 valence electrons. The molecule has 47 heavy (non-hydrogen) atoms. The zero-order chi connectivity index (χ0) is 34.9. The Labute approximate surface area is 301 Å². The van der Waals surface area contributed by atoms with E-state index in [1.807, 2.05) is 30.3 Å². The lowest BCUT2D eigenvalue weighted by atomic mass is 9.75. The molecule has 2 aromatic carbocycles. The summed E-state index contributed by atoms with van der Waals surface area (Å²) in [6, 6.07) is 11.9. The van der Waals surface area contributed by atoms with Crippen molar-refractivity contribution >= 4 is 70.6 Å². The van der Waals surface area contributed by atoms with Crippen LogP contribution in [0.25, 0.3) is 11.4 Å². The highest BCUT2D eigenvalue weighted by atomic mass is 35.5. The third-order valence-corrected chi connectivity index (χ3v) is 7.75. The molecule has 0 amide bonds. The van der Waals surface area contributed by atoms with E-state index in [1.54, 1.807) is 0 Å². The number of methoxy groups -OCH3 is 2. The normalized spacial score (nSPS) is 13.8. The van der Waals surface area contributed by atoms with Gasteiger partial charge in [0.2, 0.25) is 15.9 Å². The van der Waals surface area contributed by atoms with Crippen LogP contribution >= 0.6 is 58.0 Å². The molecule has 1 fully saturated rings. The fourth-order valence-corrected chi connectivity index (χ4v) is 5.29. The number of rotatable bonds is 6. The van der Waals surface area contributed by atoms with E-state index in [1.165, 1.54) is 14.2 Å². The van der Waals surface area contributed by atoms with Gasteiger partial charge in [0.05, 0.1) is 14.2 Å². The zero-order valence-corrected chi connectivity index (χ0v) is 31.1. The maximum absolute atomic E-state index is 6.19. The molecule has 0 radical (unpaired) electrons. The smallest absolute Gasteiger partial charge is 0.467 e.